The van der Waals surface area contributed by atoms with E-state index in [1.165, 1.54) is 37.2 Å². The third kappa shape index (κ3) is 16.5. The summed E-state index contributed by atoms with van der Waals surface area (Å²) in [6.07, 6.45) is 5.02. The molecule has 22 nitrogen and oxygen atoms in total. The molecule has 2 aromatic carbocycles. The Labute approximate surface area is 416 Å². The number of hydrogen-bond donors (Lipinski definition) is 4. The van der Waals surface area contributed by atoms with Gasteiger partial charge in [-0.15, -0.1) is 0 Å². The van der Waals surface area contributed by atoms with Crippen LogP contribution in [0.5, 0.6) is 0 Å². The van der Waals surface area contributed by atoms with Gasteiger partial charge in [-0.05, 0) is 35.8 Å². The number of ether oxygens (including phenoxy) is 2. The quantitative estimate of drug-likeness (QED) is 0.0416. The lowest BCUT2D eigenvalue weighted by molar-refractivity contribution is -0.156. The third-order valence-electron chi connectivity index (χ3n) is 11.1. The SMILES string of the molecule is CC(C)C[C@H](NC(=O)[C@H](Cc1ccccc1)NC(=O)c1cnccn1)B1OC(=O)[C@H](CC(=O)OCCOC(=O)C[C@@H]2OB([C@H](CC(C)C)NC(=O)[C@H](Cc3ccccc3)NC(=O)c3cnccn3)OC2=O)O1. The van der Waals surface area contributed by atoms with Crippen LogP contribution >= 0.6 is 0 Å². The van der Waals surface area contributed by atoms with E-state index in [4.69, 9.17) is 28.1 Å². The molecule has 6 atom stereocenters. The van der Waals surface area contributed by atoms with Crippen molar-refractivity contribution < 1.29 is 66.4 Å². The Morgan fingerprint density at radius 2 is 0.958 bits per heavy atom. The first-order valence-electron chi connectivity index (χ1n) is 23.5. The van der Waals surface area contributed by atoms with Crippen molar-refractivity contribution in [1.82, 2.24) is 41.2 Å². The molecule has 24 heteroatoms. The lowest BCUT2D eigenvalue weighted by Gasteiger charge is -2.25. The zero-order chi connectivity index (χ0) is 51.6. The number of aromatic nitrogens is 4. The van der Waals surface area contributed by atoms with Gasteiger partial charge in [0.1, 0.15) is 36.7 Å². The molecule has 72 heavy (non-hydrogen) atoms. The lowest BCUT2D eigenvalue weighted by Crippen LogP contribution is -2.55. The molecular weight excluding hydrogens is 934 g/mol. The number of benzene rings is 2. The van der Waals surface area contributed by atoms with Gasteiger partial charge >= 0.3 is 38.1 Å². The first-order valence-corrected chi connectivity index (χ1v) is 23.5. The van der Waals surface area contributed by atoms with Gasteiger partial charge in [0, 0.05) is 37.6 Å². The fourth-order valence-corrected chi connectivity index (χ4v) is 7.69. The Balaban J connectivity index is 0.963. The Morgan fingerprint density at radius 1 is 0.569 bits per heavy atom. The van der Waals surface area contributed by atoms with Gasteiger partial charge < -0.3 is 49.4 Å². The summed E-state index contributed by atoms with van der Waals surface area (Å²) in [7, 11) is -2.56. The molecule has 2 saturated heterocycles. The molecule has 4 N–H and O–H groups in total. The van der Waals surface area contributed by atoms with Gasteiger partial charge in [0.25, 0.3) is 11.8 Å². The summed E-state index contributed by atoms with van der Waals surface area (Å²) in [4.78, 5) is 121. The molecule has 2 aromatic heterocycles. The summed E-state index contributed by atoms with van der Waals surface area (Å²) in [6, 6.07) is 15.9. The zero-order valence-electron chi connectivity index (χ0n) is 40.2. The number of rotatable bonds is 25. The molecule has 0 saturated carbocycles. The van der Waals surface area contributed by atoms with E-state index in [-0.39, 0.29) is 36.1 Å². The van der Waals surface area contributed by atoms with E-state index in [0.717, 1.165) is 11.1 Å². The van der Waals surface area contributed by atoms with Gasteiger partial charge in [0.15, 0.2) is 12.2 Å². The van der Waals surface area contributed by atoms with Crippen molar-refractivity contribution in [2.24, 2.45) is 11.8 Å². The maximum Gasteiger partial charge on any atom is 0.552 e. The van der Waals surface area contributed by atoms with E-state index < -0.39 is 124 Å². The van der Waals surface area contributed by atoms with Crippen LogP contribution in [-0.2, 0) is 69.7 Å². The van der Waals surface area contributed by atoms with E-state index in [0.29, 0.717) is 12.8 Å². The predicted octanol–water partition coefficient (Wildman–Crippen LogP) is 1.52. The van der Waals surface area contributed by atoms with Crippen LogP contribution in [0.2, 0.25) is 0 Å². The van der Waals surface area contributed by atoms with Crippen molar-refractivity contribution in [1.29, 1.82) is 0 Å². The van der Waals surface area contributed by atoms with Crippen LogP contribution < -0.4 is 21.3 Å². The van der Waals surface area contributed by atoms with Crippen LogP contribution in [0.25, 0.3) is 0 Å². The second-order valence-corrected chi connectivity index (χ2v) is 17.8. The van der Waals surface area contributed by atoms with E-state index in [1.807, 2.05) is 64.1 Å². The molecule has 4 aromatic rings. The molecule has 0 spiro atoms. The van der Waals surface area contributed by atoms with Crippen molar-refractivity contribution in [3.8, 4) is 0 Å². The Morgan fingerprint density at radius 3 is 1.31 bits per heavy atom. The fraction of sp³-hybridized carbons (Fsp3) is 0.417. The Kier molecular flexibility index (Phi) is 19.8. The molecule has 0 unspecified atom stereocenters. The molecule has 6 rings (SSSR count). The third-order valence-corrected chi connectivity index (χ3v) is 11.1. The van der Waals surface area contributed by atoms with Crippen molar-refractivity contribution >= 4 is 61.7 Å². The summed E-state index contributed by atoms with van der Waals surface area (Å²) in [5.74, 6) is -7.68. The van der Waals surface area contributed by atoms with Gasteiger partial charge in [-0.1, -0.05) is 88.4 Å². The first kappa shape index (κ1) is 53.8. The van der Waals surface area contributed by atoms with Crippen LogP contribution in [0.1, 0.15) is 85.5 Å². The molecule has 0 aliphatic carbocycles. The minimum atomic E-state index is -1.38. The molecule has 0 radical (unpaired) electrons. The highest BCUT2D eigenvalue weighted by atomic mass is 16.7. The average Bonchev–Trinajstić information content (AvgIpc) is 3.92. The number of nitrogens with one attached hydrogen (secondary N) is 4. The van der Waals surface area contributed by atoms with Crippen molar-refractivity contribution in [3.05, 3.63) is 120 Å². The number of esters is 2. The van der Waals surface area contributed by atoms with E-state index >= 15 is 0 Å². The Bertz CT molecular complexity index is 2310. The fourth-order valence-electron chi connectivity index (χ4n) is 7.69. The normalized spacial score (nSPS) is 17.0. The van der Waals surface area contributed by atoms with Gasteiger partial charge in [0.2, 0.25) is 11.8 Å². The lowest BCUT2D eigenvalue weighted by atomic mass is 9.74. The van der Waals surface area contributed by atoms with Crippen LogP contribution in [0.15, 0.2) is 97.8 Å². The van der Waals surface area contributed by atoms with Crippen LogP contribution in [0.3, 0.4) is 0 Å². The molecule has 4 amide bonds. The standard InChI is InChI=1S/C48H56B2N8O14/c1-29(2)21-39(57-43(61)33(23-31-11-7-5-8-12-31)55-45(63)35-27-51-15-17-53-35)49-69-37(47(65)71-49)25-41(59)67-19-20-68-42(60)26-38-48(66)72-50(70-38)40(22-30(3)4)58-44(62)34(24-32-13-9-6-10-14-32)56-46(64)36-28-52-16-18-54-36/h5-18,27-30,33-34,37-40H,19-26H2,1-4H3,(H,55,63)(H,56,64)(H,57,61)(H,58,62)/t33-,34-,37-,38-,39-,40-/m0/s1. The molecule has 2 aliphatic rings. The second kappa shape index (κ2) is 26.6. The monoisotopic (exact) mass is 990 g/mol. The zero-order valence-corrected chi connectivity index (χ0v) is 40.2. The molecule has 2 fully saturated rings. The number of carbonyl (C=O) groups excluding carboxylic acids is 8. The summed E-state index contributed by atoms with van der Waals surface area (Å²) in [6.45, 7) is 6.74. The van der Waals surface area contributed by atoms with Crippen molar-refractivity contribution in [3.63, 3.8) is 0 Å². The highest BCUT2D eigenvalue weighted by molar-refractivity contribution is 6.52. The average molecular weight is 991 g/mol. The smallest absolute Gasteiger partial charge is 0.506 e. The topological polar surface area (TPSA) is 292 Å². The van der Waals surface area contributed by atoms with E-state index in [2.05, 4.69) is 41.2 Å². The van der Waals surface area contributed by atoms with Crippen LogP contribution in [-0.4, -0.2) is 131 Å². The maximum atomic E-state index is 13.8. The molecule has 0 bridgehead atoms. The minimum absolute atomic E-state index is 0.00817. The predicted molar refractivity (Wildman–Crippen MR) is 254 cm³/mol. The highest BCUT2D eigenvalue weighted by Gasteiger charge is 2.49. The summed E-state index contributed by atoms with van der Waals surface area (Å²) < 4.78 is 33.0. The highest BCUT2D eigenvalue weighted by Crippen LogP contribution is 2.22. The maximum absolute atomic E-state index is 13.8. The molecular formula is C48H56B2N8O14. The molecule has 2 aliphatic heterocycles. The minimum Gasteiger partial charge on any atom is -0.506 e. The van der Waals surface area contributed by atoms with E-state index in [1.54, 1.807) is 24.3 Å². The van der Waals surface area contributed by atoms with Crippen LogP contribution in [0.4, 0.5) is 0 Å². The van der Waals surface area contributed by atoms with E-state index in [9.17, 15) is 38.4 Å². The largest absolute Gasteiger partial charge is 0.552 e. The van der Waals surface area contributed by atoms with Crippen molar-refractivity contribution in [2.75, 3.05) is 13.2 Å². The first-order chi connectivity index (χ1) is 34.6. The van der Waals surface area contributed by atoms with Gasteiger partial charge in [-0.2, -0.15) is 0 Å². The summed E-state index contributed by atoms with van der Waals surface area (Å²) in [5.41, 5.74) is 1.55. The molecule has 378 valence electrons. The number of nitrogens with zero attached hydrogens (tertiary/aromatic N) is 4. The number of amides is 4. The number of carbonyl (C=O) groups is 8. The van der Waals surface area contributed by atoms with Gasteiger partial charge in [-0.3, -0.25) is 48.3 Å². The van der Waals surface area contributed by atoms with Crippen LogP contribution in [0, 0.1) is 11.8 Å². The molecule has 4 heterocycles. The number of hydrogen-bond acceptors (Lipinski definition) is 18. The second-order valence-electron chi connectivity index (χ2n) is 17.8. The van der Waals surface area contributed by atoms with Gasteiger partial charge in [-0.25, -0.2) is 9.97 Å². The van der Waals surface area contributed by atoms with Crippen molar-refractivity contribution in [2.45, 2.75) is 102 Å². The Hall–Kier alpha value is -7.59. The summed E-state index contributed by atoms with van der Waals surface area (Å²) in [5, 5.41) is 11.1. The summed E-state index contributed by atoms with van der Waals surface area (Å²) >= 11 is 0. The van der Waals surface area contributed by atoms with Gasteiger partial charge in [0.05, 0.1) is 37.1 Å².